The fourth-order valence-corrected chi connectivity index (χ4v) is 4.33. The van der Waals surface area contributed by atoms with E-state index in [2.05, 4.69) is 27.5 Å². The normalized spacial score (nSPS) is 15.8. The van der Waals surface area contributed by atoms with Gasteiger partial charge >= 0.3 is 0 Å². The minimum atomic E-state index is -0.507. The third kappa shape index (κ3) is 7.15. The average molecular weight is 528 g/mol. The number of nitrogens with one attached hydrogen (secondary N) is 2. The Bertz CT molecular complexity index is 1290. The molecule has 0 aliphatic carbocycles. The van der Waals surface area contributed by atoms with Gasteiger partial charge in [-0.3, -0.25) is 4.79 Å². The molecule has 3 aromatic rings. The zero-order valence-corrected chi connectivity index (χ0v) is 21.9. The Kier molecular flexibility index (Phi) is 8.91. The number of aromatic nitrogens is 2. The minimum Gasteiger partial charge on any atom is -0.486 e. The first-order chi connectivity index (χ1) is 17.8. The first-order valence-corrected chi connectivity index (χ1v) is 12.6. The molecule has 10 heteroatoms. The maximum atomic E-state index is 13.6. The van der Waals surface area contributed by atoms with Gasteiger partial charge in [-0.05, 0) is 44.8 Å². The monoisotopic (exact) mass is 527 g/mol. The summed E-state index contributed by atoms with van der Waals surface area (Å²) in [7, 11) is 3.95. The van der Waals surface area contributed by atoms with Crippen LogP contribution in [0.1, 0.15) is 26.2 Å². The fraction of sp³-hybridized carbons (Fsp3) is 0.370. The molecule has 0 bridgehead atoms. The maximum absolute atomic E-state index is 13.6. The first kappa shape index (κ1) is 26.8. The van der Waals surface area contributed by atoms with E-state index in [-0.39, 0.29) is 17.0 Å². The molecular formula is C27H31ClFN5O3. The number of likely N-dealkylation sites (N-methyl/N-ethyl adjacent to an activating group) is 1. The molecule has 8 nitrogen and oxygen atoms in total. The lowest BCUT2D eigenvalue weighted by molar-refractivity contribution is -0.112. The van der Waals surface area contributed by atoms with Crippen LogP contribution in [0, 0.1) is 5.82 Å². The Morgan fingerprint density at radius 2 is 2.14 bits per heavy atom. The van der Waals surface area contributed by atoms with Gasteiger partial charge in [-0.2, -0.15) is 0 Å². The van der Waals surface area contributed by atoms with Crippen LogP contribution < -0.4 is 15.4 Å². The van der Waals surface area contributed by atoms with Crippen LogP contribution in [-0.4, -0.2) is 60.7 Å². The summed E-state index contributed by atoms with van der Waals surface area (Å²) < 4.78 is 25.3. The first-order valence-electron chi connectivity index (χ1n) is 12.2. The molecule has 0 radical (unpaired) electrons. The van der Waals surface area contributed by atoms with Crippen LogP contribution >= 0.6 is 11.6 Å². The number of hydrogen-bond acceptors (Lipinski definition) is 7. The molecule has 1 aromatic heterocycles. The summed E-state index contributed by atoms with van der Waals surface area (Å²) in [6.07, 6.45) is 5.49. The number of benzene rings is 2. The van der Waals surface area contributed by atoms with Crippen LogP contribution in [0.25, 0.3) is 10.9 Å². The van der Waals surface area contributed by atoms with Crippen molar-refractivity contribution in [1.82, 2.24) is 14.9 Å². The van der Waals surface area contributed by atoms with Crippen LogP contribution in [0.4, 0.5) is 21.6 Å². The van der Waals surface area contributed by atoms with Crippen LogP contribution in [0.3, 0.4) is 0 Å². The third-order valence-corrected chi connectivity index (χ3v) is 6.07. The molecule has 1 aliphatic heterocycles. The topological polar surface area (TPSA) is 88.6 Å². The summed E-state index contributed by atoms with van der Waals surface area (Å²) in [6, 6.07) is 7.90. The predicted molar refractivity (Wildman–Crippen MR) is 144 cm³/mol. The Balaban J connectivity index is 1.70. The fourth-order valence-electron chi connectivity index (χ4n) is 4.15. The summed E-state index contributed by atoms with van der Waals surface area (Å²) in [4.78, 5) is 23.9. The van der Waals surface area contributed by atoms with Crippen LogP contribution in [0.5, 0.6) is 5.75 Å². The van der Waals surface area contributed by atoms with Crippen molar-refractivity contribution in [2.24, 2.45) is 0 Å². The Labute approximate surface area is 220 Å². The van der Waals surface area contributed by atoms with E-state index < -0.39 is 5.82 Å². The van der Waals surface area contributed by atoms with Gasteiger partial charge in [-0.1, -0.05) is 30.5 Å². The lowest BCUT2D eigenvalue weighted by atomic mass is 10.1. The van der Waals surface area contributed by atoms with E-state index in [1.807, 2.05) is 19.0 Å². The third-order valence-electron chi connectivity index (χ3n) is 5.78. The molecule has 196 valence electrons. The van der Waals surface area contributed by atoms with Crippen molar-refractivity contribution in [1.29, 1.82) is 0 Å². The second-order valence-corrected chi connectivity index (χ2v) is 9.63. The highest BCUT2D eigenvalue weighted by Gasteiger charge is 2.21. The van der Waals surface area contributed by atoms with Crippen molar-refractivity contribution in [2.45, 2.75) is 32.3 Å². The second-order valence-electron chi connectivity index (χ2n) is 9.22. The Morgan fingerprint density at radius 1 is 1.30 bits per heavy atom. The van der Waals surface area contributed by atoms with Crippen molar-refractivity contribution in [3.05, 3.63) is 59.1 Å². The molecule has 1 aliphatic rings. The summed E-state index contributed by atoms with van der Waals surface area (Å²) in [5.41, 5.74) is 2.72. The quantitative estimate of drug-likeness (QED) is 0.334. The van der Waals surface area contributed by atoms with E-state index in [1.54, 1.807) is 24.3 Å². The number of anilines is 3. The molecule has 1 fully saturated rings. The zero-order chi connectivity index (χ0) is 26.4. The van der Waals surface area contributed by atoms with Gasteiger partial charge in [0.2, 0.25) is 5.91 Å². The molecule has 0 spiro atoms. The van der Waals surface area contributed by atoms with Gasteiger partial charge < -0.3 is 25.0 Å². The van der Waals surface area contributed by atoms with Gasteiger partial charge in [0.15, 0.2) is 0 Å². The molecule has 1 amide bonds. The molecule has 2 N–H and O–H groups in total. The zero-order valence-electron chi connectivity index (χ0n) is 21.2. The smallest absolute Gasteiger partial charge is 0.248 e. The molecule has 1 atom stereocenters. The molecule has 2 heterocycles. The van der Waals surface area contributed by atoms with Crippen molar-refractivity contribution < 1.29 is 18.7 Å². The van der Waals surface area contributed by atoms with Gasteiger partial charge in [0.05, 0.1) is 29.4 Å². The number of amides is 1. The van der Waals surface area contributed by atoms with Gasteiger partial charge in [0.25, 0.3) is 0 Å². The molecule has 4 rings (SSSR count). The van der Waals surface area contributed by atoms with E-state index in [4.69, 9.17) is 21.1 Å². The van der Waals surface area contributed by atoms with E-state index in [0.717, 1.165) is 24.8 Å². The molecule has 37 heavy (non-hydrogen) atoms. The largest absolute Gasteiger partial charge is 0.486 e. The van der Waals surface area contributed by atoms with E-state index in [1.165, 1.54) is 18.5 Å². The number of carbonyl (C=O) groups is 1. The van der Waals surface area contributed by atoms with Crippen LogP contribution in [0.2, 0.25) is 5.02 Å². The highest BCUT2D eigenvalue weighted by Crippen LogP contribution is 2.35. The number of nitrogens with zero attached hydrogens (tertiary/aromatic N) is 3. The number of halogens is 2. The van der Waals surface area contributed by atoms with Crippen molar-refractivity contribution in [3.63, 3.8) is 0 Å². The predicted octanol–water partition coefficient (Wildman–Crippen LogP) is 5.56. The summed E-state index contributed by atoms with van der Waals surface area (Å²) in [5.74, 6) is 0.235. The SMILES string of the molecule is CCC/C(=C\C(=O)Nc1cc2c(Nc3ccc(F)c(Cl)c3)ncnc2cc1O[C@H]1CCOC1)CN(C)C. The van der Waals surface area contributed by atoms with Gasteiger partial charge in [0.1, 0.15) is 29.8 Å². The summed E-state index contributed by atoms with van der Waals surface area (Å²) in [6.45, 7) is 3.90. The molecule has 1 saturated heterocycles. The standard InChI is InChI=1S/C27H31ClFN5O3/c1-4-5-17(14-34(2)3)10-26(35)33-24-12-20-23(13-25(24)37-19-8-9-36-15-19)30-16-31-27(20)32-18-6-7-22(29)21(28)11-18/h6-7,10-13,16,19H,4-5,8-9,14-15H2,1-3H3,(H,33,35)(H,30,31,32)/b17-10+/t19-/m0/s1. The number of carbonyl (C=O) groups excluding carboxylic acids is 1. The van der Waals surface area contributed by atoms with Crippen LogP contribution in [0.15, 0.2) is 48.3 Å². The van der Waals surface area contributed by atoms with Crippen molar-refractivity contribution >= 4 is 45.6 Å². The number of hydrogen-bond donors (Lipinski definition) is 2. The maximum Gasteiger partial charge on any atom is 0.248 e. The van der Waals surface area contributed by atoms with Gasteiger partial charge in [0, 0.05) is 36.2 Å². The minimum absolute atomic E-state index is 0.00169. The van der Waals surface area contributed by atoms with Gasteiger partial charge in [-0.15, -0.1) is 0 Å². The summed E-state index contributed by atoms with van der Waals surface area (Å²) >= 11 is 5.95. The molecule has 0 unspecified atom stereocenters. The molecular weight excluding hydrogens is 497 g/mol. The summed E-state index contributed by atoms with van der Waals surface area (Å²) in [5, 5.41) is 6.81. The molecule has 0 saturated carbocycles. The number of ether oxygens (including phenoxy) is 2. The molecule has 2 aromatic carbocycles. The van der Waals surface area contributed by atoms with E-state index in [0.29, 0.717) is 53.6 Å². The number of fused-ring (bicyclic) bond motifs is 1. The Morgan fingerprint density at radius 3 is 2.84 bits per heavy atom. The highest BCUT2D eigenvalue weighted by molar-refractivity contribution is 6.31. The van der Waals surface area contributed by atoms with Crippen molar-refractivity contribution in [3.8, 4) is 5.75 Å². The lowest BCUT2D eigenvalue weighted by Crippen LogP contribution is -2.19. The van der Waals surface area contributed by atoms with Crippen LogP contribution in [-0.2, 0) is 9.53 Å². The number of rotatable bonds is 10. The van der Waals surface area contributed by atoms with E-state index in [9.17, 15) is 9.18 Å². The highest BCUT2D eigenvalue weighted by atomic mass is 35.5. The Hall–Kier alpha value is -3.27. The van der Waals surface area contributed by atoms with Gasteiger partial charge in [-0.25, -0.2) is 14.4 Å². The van der Waals surface area contributed by atoms with Crippen molar-refractivity contribution in [2.75, 3.05) is 44.5 Å². The average Bonchev–Trinajstić information content (AvgIpc) is 3.35. The van der Waals surface area contributed by atoms with E-state index >= 15 is 0 Å². The lowest BCUT2D eigenvalue weighted by Gasteiger charge is -2.18. The second kappa shape index (κ2) is 12.3.